The summed E-state index contributed by atoms with van der Waals surface area (Å²) in [5.41, 5.74) is -0.107. The summed E-state index contributed by atoms with van der Waals surface area (Å²) in [6.07, 6.45) is 4.41. The second-order valence-electron chi connectivity index (χ2n) is 3.75. The van der Waals surface area contributed by atoms with Crippen LogP contribution in [-0.2, 0) is 5.60 Å². The van der Waals surface area contributed by atoms with E-state index in [9.17, 15) is 5.11 Å². The molecule has 0 aromatic heterocycles. The van der Waals surface area contributed by atoms with Crippen LogP contribution < -0.4 is 4.74 Å². The van der Waals surface area contributed by atoms with E-state index < -0.39 is 5.60 Å². The lowest BCUT2D eigenvalue weighted by Crippen LogP contribution is -2.24. The highest BCUT2D eigenvalue weighted by atomic mass is 16.5. The summed E-state index contributed by atoms with van der Waals surface area (Å²) < 4.78 is 5.14. The van der Waals surface area contributed by atoms with Crippen LogP contribution >= 0.6 is 0 Å². The monoisotopic (exact) mass is 218 g/mol. The molecular weight excluding hydrogens is 200 g/mol. The largest absolute Gasteiger partial charge is 0.497 e. The van der Waals surface area contributed by atoms with Crippen molar-refractivity contribution in [2.24, 2.45) is 0 Å². The second-order valence-corrected chi connectivity index (χ2v) is 3.75. The molecule has 0 spiro atoms. The first-order chi connectivity index (χ1) is 7.66. The van der Waals surface area contributed by atoms with E-state index in [0.717, 1.165) is 11.3 Å². The van der Waals surface area contributed by atoms with Crippen molar-refractivity contribution in [2.75, 3.05) is 7.11 Å². The summed E-state index contributed by atoms with van der Waals surface area (Å²) in [6, 6.07) is 7.44. The van der Waals surface area contributed by atoms with E-state index in [1.807, 2.05) is 24.3 Å². The molecule has 2 heteroatoms. The highest BCUT2D eigenvalue weighted by Crippen LogP contribution is 2.31. The molecule has 2 nitrogen and oxygen atoms in total. The molecule has 1 N–H and O–H groups in total. The molecule has 0 saturated carbocycles. The highest BCUT2D eigenvalue weighted by Gasteiger charge is 2.26. The van der Waals surface area contributed by atoms with E-state index in [1.165, 1.54) is 0 Å². The van der Waals surface area contributed by atoms with E-state index in [2.05, 4.69) is 13.2 Å². The molecule has 1 aromatic rings. The van der Waals surface area contributed by atoms with E-state index in [0.29, 0.717) is 12.8 Å². The Labute approximate surface area is 96.9 Å². The van der Waals surface area contributed by atoms with Crippen LogP contribution in [0, 0.1) is 0 Å². The third kappa shape index (κ3) is 2.74. The minimum atomic E-state index is -0.933. The first-order valence-corrected chi connectivity index (χ1v) is 5.25. The average molecular weight is 218 g/mol. The van der Waals surface area contributed by atoms with Crippen LogP contribution in [0.2, 0.25) is 0 Å². The zero-order valence-electron chi connectivity index (χ0n) is 9.65. The lowest BCUT2D eigenvalue weighted by atomic mass is 9.87. The smallest absolute Gasteiger partial charge is 0.119 e. The first-order valence-electron chi connectivity index (χ1n) is 5.25. The molecule has 0 amide bonds. The first kappa shape index (κ1) is 12.5. The van der Waals surface area contributed by atoms with Crippen LogP contribution in [0.1, 0.15) is 18.4 Å². The van der Waals surface area contributed by atoms with Gasteiger partial charge in [0.15, 0.2) is 0 Å². The lowest BCUT2D eigenvalue weighted by Gasteiger charge is -2.26. The van der Waals surface area contributed by atoms with Gasteiger partial charge in [-0.3, -0.25) is 0 Å². The summed E-state index contributed by atoms with van der Waals surface area (Å²) in [5.74, 6) is 0.740. The van der Waals surface area contributed by atoms with Crippen molar-refractivity contribution in [3.05, 3.63) is 55.1 Å². The van der Waals surface area contributed by atoms with Crippen molar-refractivity contribution in [2.45, 2.75) is 18.4 Å². The molecule has 1 aromatic carbocycles. The maximum absolute atomic E-state index is 10.5. The van der Waals surface area contributed by atoms with Gasteiger partial charge in [-0.25, -0.2) is 0 Å². The molecule has 16 heavy (non-hydrogen) atoms. The Hall–Kier alpha value is -1.54. The summed E-state index contributed by atoms with van der Waals surface area (Å²) in [5, 5.41) is 10.5. The zero-order chi connectivity index (χ0) is 12.0. The Bertz CT molecular complexity index is 359. The van der Waals surface area contributed by atoms with Gasteiger partial charge >= 0.3 is 0 Å². The average Bonchev–Trinajstić information content (AvgIpc) is 2.30. The van der Waals surface area contributed by atoms with Crippen LogP contribution in [0.5, 0.6) is 5.75 Å². The Morgan fingerprint density at radius 1 is 1.31 bits per heavy atom. The summed E-state index contributed by atoms with van der Waals surface area (Å²) in [7, 11) is 1.61. The molecule has 0 fully saturated rings. The van der Waals surface area contributed by atoms with Crippen molar-refractivity contribution in [1.82, 2.24) is 0 Å². The van der Waals surface area contributed by atoms with Gasteiger partial charge in [-0.2, -0.15) is 0 Å². The van der Waals surface area contributed by atoms with Gasteiger partial charge in [0.25, 0.3) is 0 Å². The van der Waals surface area contributed by atoms with Crippen molar-refractivity contribution in [3.63, 3.8) is 0 Å². The standard InChI is InChI=1S/C14H18O2/c1-4-9-14(15,10-5-2)12-7-6-8-13(11-12)16-3/h4-8,11,15H,1-2,9-10H2,3H3. The van der Waals surface area contributed by atoms with Crippen molar-refractivity contribution in [3.8, 4) is 5.75 Å². The van der Waals surface area contributed by atoms with Gasteiger partial charge in [0.2, 0.25) is 0 Å². The van der Waals surface area contributed by atoms with Crippen molar-refractivity contribution < 1.29 is 9.84 Å². The fraction of sp³-hybridized carbons (Fsp3) is 0.286. The maximum Gasteiger partial charge on any atom is 0.119 e. The van der Waals surface area contributed by atoms with Gasteiger partial charge in [0.1, 0.15) is 5.75 Å². The SMILES string of the molecule is C=CCC(O)(CC=C)c1cccc(OC)c1. The Kier molecular flexibility index (Phi) is 4.32. The molecule has 1 rings (SSSR count). The second kappa shape index (κ2) is 5.52. The number of hydrogen-bond acceptors (Lipinski definition) is 2. The molecule has 0 aliphatic heterocycles. The molecule has 0 unspecified atom stereocenters. The minimum absolute atomic E-state index is 0.492. The topological polar surface area (TPSA) is 29.5 Å². The van der Waals surface area contributed by atoms with Crippen LogP contribution in [-0.4, -0.2) is 12.2 Å². The summed E-state index contributed by atoms with van der Waals surface area (Å²) in [6.45, 7) is 7.34. The van der Waals surface area contributed by atoms with E-state index in [4.69, 9.17) is 4.74 Å². The number of hydrogen-bond donors (Lipinski definition) is 1. The highest BCUT2D eigenvalue weighted by molar-refractivity contribution is 5.33. The fourth-order valence-corrected chi connectivity index (χ4v) is 1.71. The Morgan fingerprint density at radius 3 is 2.44 bits per heavy atom. The van der Waals surface area contributed by atoms with Crippen molar-refractivity contribution in [1.29, 1.82) is 0 Å². The fourth-order valence-electron chi connectivity index (χ4n) is 1.71. The zero-order valence-corrected chi connectivity index (χ0v) is 9.65. The van der Waals surface area contributed by atoms with Crippen LogP contribution in [0.3, 0.4) is 0 Å². The van der Waals surface area contributed by atoms with E-state index >= 15 is 0 Å². The van der Waals surface area contributed by atoms with Gasteiger partial charge < -0.3 is 9.84 Å². The third-order valence-corrected chi connectivity index (χ3v) is 2.57. The molecule has 0 aliphatic rings. The quantitative estimate of drug-likeness (QED) is 0.744. The molecular formula is C14H18O2. The lowest BCUT2D eigenvalue weighted by molar-refractivity contribution is 0.0428. The predicted molar refractivity (Wildman–Crippen MR) is 66.5 cm³/mol. The third-order valence-electron chi connectivity index (χ3n) is 2.57. The molecule has 0 radical (unpaired) electrons. The summed E-state index contributed by atoms with van der Waals surface area (Å²) in [4.78, 5) is 0. The maximum atomic E-state index is 10.5. The number of aliphatic hydroxyl groups is 1. The minimum Gasteiger partial charge on any atom is -0.497 e. The van der Waals surface area contributed by atoms with E-state index in [-0.39, 0.29) is 0 Å². The van der Waals surface area contributed by atoms with Gasteiger partial charge in [-0.05, 0) is 30.5 Å². The van der Waals surface area contributed by atoms with Crippen molar-refractivity contribution >= 4 is 0 Å². The molecule has 0 heterocycles. The molecule has 0 aliphatic carbocycles. The number of rotatable bonds is 6. The van der Waals surface area contributed by atoms with Crippen LogP contribution in [0.15, 0.2) is 49.6 Å². The van der Waals surface area contributed by atoms with Gasteiger partial charge in [-0.1, -0.05) is 24.3 Å². The molecule has 0 bridgehead atoms. The number of benzene rings is 1. The predicted octanol–water partition coefficient (Wildman–Crippen LogP) is 3.04. The van der Waals surface area contributed by atoms with Gasteiger partial charge in [0.05, 0.1) is 12.7 Å². The number of ether oxygens (including phenoxy) is 1. The Morgan fingerprint density at radius 2 is 1.94 bits per heavy atom. The molecule has 86 valence electrons. The van der Waals surface area contributed by atoms with Crippen LogP contribution in [0.25, 0.3) is 0 Å². The number of methoxy groups -OCH3 is 1. The normalized spacial score (nSPS) is 10.9. The van der Waals surface area contributed by atoms with Gasteiger partial charge in [0, 0.05) is 0 Å². The van der Waals surface area contributed by atoms with Gasteiger partial charge in [-0.15, -0.1) is 13.2 Å². The Balaban J connectivity index is 3.08. The molecule has 0 atom stereocenters. The van der Waals surface area contributed by atoms with Crippen LogP contribution in [0.4, 0.5) is 0 Å². The molecule has 0 saturated heterocycles. The van der Waals surface area contributed by atoms with E-state index in [1.54, 1.807) is 19.3 Å². The summed E-state index contributed by atoms with van der Waals surface area (Å²) >= 11 is 0.